The molecular weight excluding hydrogens is 450 g/mol. The number of nitrogens with two attached hydrogens (primary N) is 1. The minimum absolute atomic E-state index is 0.144. The number of nitrogens with zero attached hydrogens (tertiary/aromatic N) is 4. The number of anilines is 1. The second-order valence-corrected chi connectivity index (χ2v) is 8.78. The molecule has 4 N–H and O–H groups in total. The number of methoxy groups -OCH3 is 1. The van der Waals surface area contributed by atoms with Crippen LogP contribution in [-0.2, 0) is 4.79 Å². The van der Waals surface area contributed by atoms with E-state index >= 15 is 0 Å². The van der Waals surface area contributed by atoms with Crippen LogP contribution in [0.2, 0.25) is 0 Å². The molecule has 4 rings (SSSR count). The second kappa shape index (κ2) is 10.4. The minimum Gasteiger partial charge on any atom is -0.497 e. The van der Waals surface area contributed by atoms with E-state index in [2.05, 4.69) is 39.6 Å². The van der Waals surface area contributed by atoms with Gasteiger partial charge in [-0.1, -0.05) is 37.7 Å². The molecule has 0 fully saturated rings. The van der Waals surface area contributed by atoms with Gasteiger partial charge in [-0.15, -0.1) is 10.2 Å². The topological polar surface area (TPSA) is 124 Å². The Labute approximate surface area is 202 Å². The number of carbonyl (C=O) groups excluding carboxylic acids is 1. The van der Waals surface area contributed by atoms with Gasteiger partial charge in [0.1, 0.15) is 11.4 Å². The van der Waals surface area contributed by atoms with E-state index in [1.54, 1.807) is 7.11 Å². The minimum atomic E-state index is -0.144. The first-order valence-electron chi connectivity index (χ1n) is 10.9. The summed E-state index contributed by atoms with van der Waals surface area (Å²) in [6, 6.07) is 17.4. The molecule has 2 aromatic heterocycles. The normalized spacial score (nSPS) is 11.9. The van der Waals surface area contributed by atoms with Gasteiger partial charge in [-0.2, -0.15) is 5.10 Å². The van der Waals surface area contributed by atoms with Gasteiger partial charge in [-0.05, 0) is 60.4 Å². The molecule has 0 aliphatic carbocycles. The van der Waals surface area contributed by atoms with Crippen LogP contribution in [0.4, 0.5) is 5.69 Å². The summed E-state index contributed by atoms with van der Waals surface area (Å²) < 4.78 is 6.54. The van der Waals surface area contributed by atoms with Crippen molar-refractivity contribution in [2.45, 2.75) is 31.3 Å². The zero-order valence-electron chi connectivity index (χ0n) is 19.3. The molecule has 10 heteroatoms. The van der Waals surface area contributed by atoms with E-state index in [0.29, 0.717) is 22.6 Å². The highest BCUT2D eigenvalue weighted by Crippen LogP contribution is 2.26. The Balaban J connectivity index is 1.37. The first kappa shape index (κ1) is 23.4. The summed E-state index contributed by atoms with van der Waals surface area (Å²) in [5.74, 6) is 7.90. The molecular formula is C24H27N7O2S. The van der Waals surface area contributed by atoms with E-state index in [0.717, 1.165) is 29.1 Å². The van der Waals surface area contributed by atoms with Crippen LogP contribution < -0.4 is 15.9 Å². The largest absolute Gasteiger partial charge is 0.497 e. The zero-order valence-corrected chi connectivity index (χ0v) is 20.1. The number of thioether (sulfide) groups is 1. The number of carbonyl (C=O) groups is 1. The first-order chi connectivity index (χ1) is 16.5. The van der Waals surface area contributed by atoms with Crippen molar-refractivity contribution in [3.63, 3.8) is 0 Å². The Bertz CT molecular complexity index is 1250. The number of aromatic nitrogens is 5. The van der Waals surface area contributed by atoms with Gasteiger partial charge in [0.15, 0.2) is 0 Å². The molecule has 34 heavy (non-hydrogen) atoms. The van der Waals surface area contributed by atoms with Crippen LogP contribution in [0.1, 0.15) is 31.7 Å². The third-order valence-corrected chi connectivity index (χ3v) is 6.52. The molecule has 2 aromatic carbocycles. The highest BCUT2D eigenvalue weighted by Gasteiger charge is 2.16. The summed E-state index contributed by atoms with van der Waals surface area (Å²) >= 11 is 1.21. The molecule has 2 heterocycles. The molecule has 1 amide bonds. The lowest BCUT2D eigenvalue weighted by atomic mass is 9.99. The molecule has 176 valence electrons. The van der Waals surface area contributed by atoms with Gasteiger partial charge >= 0.3 is 0 Å². The Morgan fingerprint density at radius 3 is 2.59 bits per heavy atom. The Morgan fingerprint density at radius 2 is 1.91 bits per heavy atom. The second-order valence-electron chi connectivity index (χ2n) is 7.84. The van der Waals surface area contributed by atoms with Crippen LogP contribution in [0.5, 0.6) is 5.75 Å². The van der Waals surface area contributed by atoms with Crippen molar-refractivity contribution in [2.75, 3.05) is 24.0 Å². The van der Waals surface area contributed by atoms with Crippen molar-refractivity contribution >= 4 is 23.4 Å². The summed E-state index contributed by atoms with van der Waals surface area (Å²) in [4.78, 5) is 12.4. The lowest BCUT2D eigenvalue weighted by Crippen LogP contribution is -2.16. The maximum atomic E-state index is 12.4. The molecule has 0 aliphatic heterocycles. The lowest BCUT2D eigenvalue weighted by Gasteiger charge is -2.10. The van der Waals surface area contributed by atoms with Crippen molar-refractivity contribution < 1.29 is 9.53 Å². The fourth-order valence-electron chi connectivity index (χ4n) is 3.36. The van der Waals surface area contributed by atoms with Crippen LogP contribution in [0.15, 0.2) is 59.8 Å². The smallest absolute Gasteiger partial charge is 0.234 e. The van der Waals surface area contributed by atoms with Crippen molar-refractivity contribution in [3.8, 4) is 28.5 Å². The predicted molar refractivity (Wildman–Crippen MR) is 134 cm³/mol. The molecule has 4 aromatic rings. The molecule has 0 radical (unpaired) electrons. The average Bonchev–Trinajstić information content (AvgIpc) is 3.49. The van der Waals surface area contributed by atoms with Crippen molar-refractivity contribution in [2.24, 2.45) is 0 Å². The SMILES string of the molecule is CC[C@@H](C)c1ccc(NC(=O)CSc2nnc(-c3cc(-c4ccc(OC)cc4)n[nH]3)n2N)cc1. The Morgan fingerprint density at radius 1 is 1.18 bits per heavy atom. The number of nitrogen functional groups attached to an aromatic ring is 1. The van der Waals surface area contributed by atoms with Crippen molar-refractivity contribution in [1.82, 2.24) is 25.1 Å². The molecule has 0 spiro atoms. The molecule has 0 unspecified atom stereocenters. The zero-order chi connectivity index (χ0) is 24.1. The van der Waals surface area contributed by atoms with E-state index in [1.165, 1.54) is 22.0 Å². The highest BCUT2D eigenvalue weighted by molar-refractivity contribution is 7.99. The van der Waals surface area contributed by atoms with Crippen LogP contribution in [0.3, 0.4) is 0 Å². The number of amides is 1. The maximum absolute atomic E-state index is 12.4. The third-order valence-electron chi connectivity index (χ3n) is 5.58. The van der Waals surface area contributed by atoms with E-state index in [-0.39, 0.29) is 11.7 Å². The van der Waals surface area contributed by atoms with E-state index in [1.807, 2.05) is 54.6 Å². The highest BCUT2D eigenvalue weighted by atomic mass is 32.2. The van der Waals surface area contributed by atoms with Gasteiger partial charge < -0.3 is 15.9 Å². The maximum Gasteiger partial charge on any atom is 0.234 e. The summed E-state index contributed by atoms with van der Waals surface area (Å²) in [7, 11) is 1.63. The van der Waals surface area contributed by atoms with Gasteiger partial charge in [-0.3, -0.25) is 9.89 Å². The fourth-order valence-corrected chi connectivity index (χ4v) is 4.02. The molecule has 0 bridgehead atoms. The summed E-state index contributed by atoms with van der Waals surface area (Å²) in [5, 5.41) is 18.9. The molecule has 9 nitrogen and oxygen atoms in total. The Kier molecular flexibility index (Phi) is 7.17. The van der Waals surface area contributed by atoms with Crippen LogP contribution in [0, 0.1) is 0 Å². The number of ether oxygens (including phenoxy) is 1. The summed E-state index contributed by atoms with van der Waals surface area (Å²) in [6.07, 6.45) is 1.07. The number of hydrogen-bond acceptors (Lipinski definition) is 7. The fraction of sp³-hybridized carbons (Fsp3) is 0.250. The van der Waals surface area contributed by atoms with Crippen molar-refractivity contribution in [3.05, 3.63) is 60.2 Å². The number of nitrogens with one attached hydrogen (secondary N) is 2. The quantitative estimate of drug-likeness (QED) is 0.242. The van der Waals surface area contributed by atoms with Crippen LogP contribution in [0.25, 0.3) is 22.8 Å². The molecule has 0 saturated heterocycles. The lowest BCUT2D eigenvalue weighted by molar-refractivity contribution is -0.113. The molecule has 1 atom stereocenters. The average molecular weight is 478 g/mol. The monoisotopic (exact) mass is 477 g/mol. The number of benzene rings is 2. The van der Waals surface area contributed by atoms with Gasteiger partial charge in [0, 0.05) is 11.3 Å². The van der Waals surface area contributed by atoms with Crippen molar-refractivity contribution in [1.29, 1.82) is 0 Å². The molecule has 0 saturated carbocycles. The number of hydrogen-bond donors (Lipinski definition) is 3. The third kappa shape index (κ3) is 5.23. The summed E-state index contributed by atoms with van der Waals surface area (Å²) in [6.45, 7) is 4.34. The van der Waals surface area contributed by atoms with E-state index in [9.17, 15) is 4.79 Å². The molecule has 0 aliphatic rings. The van der Waals surface area contributed by atoms with Gasteiger partial charge in [0.2, 0.25) is 16.9 Å². The van der Waals surface area contributed by atoms with Crippen LogP contribution >= 0.6 is 11.8 Å². The van der Waals surface area contributed by atoms with Gasteiger partial charge in [0.05, 0.1) is 18.6 Å². The standard InChI is InChI=1S/C24H27N7O2S/c1-4-15(2)16-5-9-18(10-6-16)26-22(32)14-34-24-30-29-23(31(24)25)21-13-20(27-28-21)17-7-11-19(33-3)12-8-17/h5-13,15H,4,14,25H2,1-3H3,(H,26,32)(H,27,28)/t15-/m1/s1. The van der Waals surface area contributed by atoms with Gasteiger partial charge in [-0.25, -0.2) is 4.68 Å². The predicted octanol–water partition coefficient (Wildman–Crippen LogP) is 4.30. The van der Waals surface area contributed by atoms with Gasteiger partial charge in [0.25, 0.3) is 0 Å². The van der Waals surface area contributed by atoms with E-state index < -0.39 is 0 Å². The van der Waals surface area contributed by atoms with E-state index in [4.69, 9.17) is 10.6 Å². The van der Waals surface area contributed by atoms with Crippen LogP contribution in [-0.4, -0.2) is 43.8 Å². The first-order valence-corrected chi connectivity index (χ1v) is 11.9. The Hall–Kier alpha value is -3.79. The summed E-state index contributed by atoms with van der Waals surface area (Å²) in [5.41, 5.74) is 4.31. The number of aromatic amines is 1. The number of rotatable bonds is 9. The number of H-pyrrole nitrogens is 1.